The molecule has 0 bridgehead atoms. The van der Waals surface area contributed by atoms with E-state index in [1.54, 1.807) is 10.9 Å². The molecule has 1 aromatic heterocycles. The number of para-hydroxylation sites is 1. The molecule has 3 nitrogen and oxygen atoms in total. The van der Waals surface area contributed by atoms with Gasteiger partial charge in [-0.1, -0.05) is 62.2 Å². The van der Waals surface area contributed by atoms with Crippen molar-refractivity contribution in [3.05, 3.63) is 75.8 Å². The predicted octanol–water partition coefficient (Wildman–Crippen LogP) is 6.63. The lowest BCUT2D eigenvalue weighted by atomic mass is 9.98. The molecule has 164 valence electrons. The van der Waals surface area contributed by atoms with Crippen molar-refractivity contribution in [3.8, 4) is 0 Å². The maximum atomic E-state index is 6.22. The minimum Gasteiger partial charge on any atom is -0.460 e. The summed E-state index contributed by atoms with van der Waals surface area (Å²) >= 11 is 5.61. The molecule has 0 spiro atoms. The van der Waals surface area contributed by atoms with E-state index >= 15 is 0 Å². The van der Waals surface area contributed by atoms with Crippen LogP contribution in [0.15, 0.2) is 57.9 Å². The molecule has 0 atom stereocenters. The van der Waals surface area contributed by atoms with Crippen molar-refractivity contribution in [3.63, 3.8) is 0 Å². The average molecular weight is 456 g/mol. The van der Waals surface area contributed by atoms with Crippen molar-refractivity contribution in [1.82, 2.24) is 0 Å². The van der Waals surface area contributed by atoms with Gasteiger partial charge in [0.15, 0.2) is 0 Å². The number of hydrogen-bond acceptors (Lipinski definition) is 3. The Hall–Kier alpha value is -2.14. The predicted molar refractivity (Wildman–Crippen MR) is 135 cm³/mol. The van der Waals surface area contributed by atoms with Gasteiger partial charge < -0.3 is 9.15 Å². The molecule has 0 saturated heterocycles. The van der Waals surface area contributed by atoms with E-state index in [1.807, 2.05) is 56.4 Å². The van der Waals surface area contributed by atoms with E-state index < -0.39 is 0 Å². The van der Waals surface area contributed by atoms with Crippen molar-refractivity contribution in [2.24, 2.45) is 10.9 Å². The molecule has 0 N–H and O–H groups in total. The molecular weight excluding hydrogens is 426 g/mol. The highest BCUT2D eigenvalue weighted by molar-refractivity contribution is 7.98. The van der Waals surface area contributed by atoms with Crippen LogP contribution in [0.2, 0.25) is 5.02 Å². The van der Waals surface area contributed by atoms with E-state index in [4.69, 9.17) is 20.8 Å². The quantitative estimate of drug-likeness (QED) is 0.415. The number of fused-ring (bicyclic) bond motifs is 2. The fourth-order valence-electron chi connectivity index (χ4n) is 3.39. The summed E-state index contributed by atoms with van der Waals surface area (Å²) in [5.41, 5.74) is 3.29. The summed E-state index contributed by atoms with van der Waals surface area (Å²) in [6.07, 6.45) is 1.72. The van der Waals surface area contributed by atoms with Crippen LogP contribution in [0.3, 0.4) is 0 Å². The van der Waals surface area contributed by atoms with E-state index in [9.17, 15) is 0 Å². The van der Waals surface area contributed by atoms with Crippen molar-refractivity contribution >= 4 is 43.4 Å². The summed E-state index contributed by atoms with van der Waals surface area (Å²) < 4.78 is 12.1. The first kappa shape index (κ1) is 23.5. The molecule has 0 aliphatic carbocycles. The third-order valence-corrected chi connectivity index (χ3v) is 6.53. The van der Waals surface area contributed by atoms with Gasteiger partial charge >= 0.3 is 0 Å². The number of hydrogen-bond donors (Lipinski definition) is 0. The molecule has 0 fully saturated rings. The first-order chi connectivity index (χ1) is 14.9. The van der Waals surface area contributed by atoms with Gasteiger partial charge in [0, 0.05) is 22.3 Å². The topological polar surface area (TPSA) is 34.7 Å². The fourth-order valence-corrected chi connectivity index (χ4v) is 4.65. The summed E-state index contributed by atoms with van der Waals surface area (Å²) in [4.78, 5) is 5.87. The lowest BCUT2D eigenvalue weighted by molar-refractivity contribution is 0.304. The van der Waals surface area contributed by atoms with Crippen LogP contribution in [0.1, 0.15) is 44.1 Å². The van der Waals surface area contributed by atoms with Crippen LogP contribution in [-0.2, 0) is 11.2 Å². The normalized spacial score (nSPS) is 13.7. The molecule has 4 rings (SSSR count). The van der Waals surface area contributed by atoms with Gasteiger partial charge in [-0.3, -0.25) is 4.99 Å². The first-order valence-corrected chi connectivity index (χ1v) is 11.9. The number of aryl methyl sites for hydroxylation is 1. The van der Waals surface area contributed by atoms with Crippen LogP contribution in [0.5, 0.6) is 0 Å². The second kappa shape index (κ2) is 10.9. The molecule has 2 aromatic carbocycles. The highest BCUT2D eigenvalue weighted by atomic mass is 35.5. The zero-order valence-corrected chi connectivity index (χ0v) is 20.4. The lowest BCUT2D eigenvalue weighted by Crippen LogP contribution is -2.27. The van der Waals surface area contributed by atoms with Crippen LogP contribution in [0, 0.1) is 12.8 Å². The molecule has 0 amide bonds. The fraction of sp³-hybridized carbons (Fsp3) is 0.346. The summed E-state index contributed by atoms with van der Waals surface area (Å²) in [5.74, 6) is 1.37. The largest absolute Gasteiger partial charge is 0.460 e. The number of rotatable bonds is 3. The molecule has 0 radical (unpaired) electrons. The number of benzene rings is 2. The maximum Gasteiger partial charge on any atom is 0.136 e. The Balaban J connectivity index is 0.000000287. The third kappa shape index (κ3) is 5.76. The van der Waals surface area contributed by atoms with Crippen LogP contribution in [-0.4, -0.2) is 23.6 Å². The van der Waals surface area contributed by atoms with Crippen LogP contribution >= 0.6 is 22.5 Å². The summed E-state index contributed by atoms with van der Waals surface area (Å²) in [6.45, 7) is 9.34. The average Bonchev–Trinajstić information content (AvgIpc) is 2.77. The van der Waals surface area contributed by atoms with Crippen molar-refractivity contribution in [1.29, 1.82) is 0 Å². The zero-order chi connectivity index (χ0) is 22.4. The molecule has 0 saturated carbocycles. The number of nitrogens with zero attached hydrogens (tertiary/aromatic N) is 1. The molecule has 3 aromatic rings. The van der Waals surface area contributed by atoms with Crippen LogP contribution in [0.4, 0.5) is 0 Å². The lowest BCUT2D eigenvalue weighted by Gasteiger charge is -2.20. The third-order valence-electron chi connectivity index (χ3n) is 4.89. The molecule has 0 unspecified atom stereocenters. The molecule has 1 aliphatic heterocycles. The highest BCUT2D eigenvalue weighted by Crippen LogP contribution is 2.24. The summed E-state index contributed by atoms with van der Waals surface area (Å²) in [6, 6.07) is 15.9. The minimum atomic E-state index is 0.399. The Bertz CT molecular complexity index is 1170. The molecule has 5 heteroatoms. The SMILES string of the molecule is CCCOC1=S=C(C(C)C)c2c(oc3ccccc3c2=NC)C1.Cc1ccc(Cl)cc1. The van der Waals surface area contributed by atoms with Gasteiger partial charge in [-0.25, -0.2) is 0 Å². The maximum absolute atomic E-state index is 6.22. The van der Waals surface area contributed by atoms with E-state index in [1.165, 1.54) is 10.4 Å². The number of ether oxygens (including phenoxy) is 1. The Morgan fingerprint density at radius 1 is 1.13 bits per heavy atom. The minimum absolute atomic E-state index is 0.399. The van der Waals surface area contributed by atoms with Crippen molar-refractivity contribution in [2.75, 3.05) is 13.7 Å². The standard InChI is InChI=1S/C19H23NO2S.C7H7Cl/c1-5-10-21-16-11-15-17(19(23-16)12(2)3)18(20-4)13-8-6-7-9-14(13)22-15;1-6-2-4-7(8)5-3-6/h6-9,12H,5,10-11H2,1-4H3;2-5H,1H3. The summed E-state index contributed by atoms with van der Waals surface area (Å²) in [5, 5.41) is 3.94. The van der Waals surface area contributed by atoms with Crippen LogP contribution in [0.25, 0.3) is 11.0 Å². The molecule has 1 aliphatic rings. The van der Waals surface area contributed by atoms with Gasteiger partial charge in [0.05, 0.1) is 23.9 Å². The van der Waals surface area contributed by atoms with E-state index in [-0.39, 0.29) is 0 Å². The van der Waals surface area contributed by atoms with Gasteiger partial charge in [0.25, 0.3) is 0 Å². The monoisotopic (exact) mass is 455 g/mol. The van der Waals surface area contributed by atoms with Crippen molar-refractivity contribution in [2.45, 2.75) is 40.5 Å². The summed E-state index contributed by atoms with van der Waals surface area (Å²) in [7, 11) is 3.61. The van der Waals surface area contributed by atoms with Crippen LogP contribution < -0.4 is 5.36 Å². The van der Waals surface area contributed by atoms with E-state index in [0.29, 0.717) is 12.3 Å². The highest BCUT2D eigenvalue weighted by Gasteiger charge is 2.23. The zero-order valence-electron chi connectivity index (χ0n) is 18.9. The number of halogens is 1. The second-order valence-corrected chi connectivity index (χ2v) is 9.32. The van der Waals surface area contributed by atoms with E-state index in [2.05, 4.69) is 31.8 Å². The molecule has 31 heavy (non-hydrogen) atoms. The Morgan fingerprint density at radius 3 is 2.45 bits per heavy atom. The van der Waals surface area contributed by atoms with Crippen molar-refractivity contribution < 1.29 is 9.15 Å². The van der Waals surface area contributed by atoms with Gasteiger partial charge in [0.1, 0.15) is 16.4 Å². The van der Waals surface area contributed by atoms with Gasteiger partial charge in [-0.05, 0) is 43.5 Å². The molecule has 2 heterocycles. The van der Waals surface area contributed by atoms with Gasteiger partial charge in [0.2, 0.25) is 0 Å². The second-order valence-electron chi connectivity index (χ2n) is 7.78. The molecular formula is C26H30ClNO2S. The van der Waals surface area contributed by atoms with Gasteiger partial charge in [-0.15, -0.1) is 10.9 Å². The Labute approximate surface area is 193 Å². The Kier molecular flexibility index (Phi) is 8.30. The first-order valence-electron chi connectivity index (χ1n) is 10.7. The van der Waals surface area contributed by atoms with Gasteiger partial charge in [-0.2, -0.15) is 0 Å². The smallest absolute Gasteiger partial charge is 0.136 e. The van der Waals surface area contributed by atoms with E-state index in [0.717, 1.165) is 50.8 Å². The Morgan fingerprint density at radius 2 is 1.84 bits per heavy atom.